The van der Waals surface area contributed by atoms with Gasteiger partial charge in [0.15, 0.2) is 0 Å². The molecule has 2 aromatic carbocycles. The SMILES string of the molecule is C(/C=C/c1ccccc1)=N/Nc1nncc(-c2ccccc2)n1. The van der Waals surface area contributed by atoms with Crippen molar-refractivity contribution in [3.63, 3.8) is 0 Å². The lowest BCUT2D eigenvalue weighted by atomic mass is 10.2. The topological polar surface area (TPSA) is 63.1 Å². The summed E-state index contributed by atoms with van der Waals surface area (Å²) in [6, 6.07) is 19.8. The Balaban J connectivity index is 1.62. The molecular weight excluding hydrogens is 286 g/mol. The zero-order chi connectivity index (χ0) is 15.7. The summed E-state index contributed by atoms with van der Waals surface area (Å²) in [5.74, 6) is 0.357. The normalized spacial score (nSPS) is 11.1. The number of rotatable bonds is 5. The maximum Gasteiger partial charge on any atom is 0.263 e. The predicted octanol–water partition coefficient (Wildman–Crippen LogP) is 3.65. The maximum atomic E-state index is 4.38. The molecular formula is C18H15N5. The number of aromatic nitrogens is 3. The third-order valence-electron chi connectivity index (χ3n) is 3.04. The van der Waals surface area contributed by atoms with E-state index in [9.17, 15) is 0 Å². The molecule has 1 N–H and O–H groups in total. The molecule has 0 aliphatic heterocycles. The van der Waals surface area contributed by atoms with E-state index in [0.29, 0.717) is 5.95 Å². The van der Waals surface area contributed by atoms with Gasteiger partial charge < -0.3 is 0 Å². The Bertz CT molecular complexity index is 798. The van der Waals surface area contributed by atoms with Crippen molar-refractivity contribution in [2.75, 3.05) is 5.43 Å². The maximum absolute atomic E-state index is 4.38. The molecule has 0 aliphatic carbocycles. The van der Waals surface area contributed by atoms with Gasteiger partial charge in [-0.3, -0.25) is 0 Å². The van der Waals surface area contributed by atoms with Crippen LogP contribution >= 0.6 is 0 Å². The van der Waals surface area contributed by atoms with Gasteiger partial charge >= 0.3 is 0 Å². The minimum absolute atomic E-state index is 0.357. The number of nitrogens with one attached hydrogen (secondary N) is 1. The van der Waals surface area contributed by atoms with Crippen LogP contribution in [0.1, 0.15) is 5.56 Å². The molecule has 0 saturated carbocycles. The Morgan fingerprint density at radius 2 is 1.65 bits per heavy atom. The molecule has 0 atom stereocenters. The smallest absolute Gasteiger partial charge is 0.244 e. The van der Waals surface area contributed by atoms with Crippen molar-refractivity contribution >= 4 is 18.2 Å². The number of anilines is 1. The average Bonchev–Trinajstić information content (AvgIpc) is 2.63. The van der Waals surface area contributed by atoms with Crippen LogP contribution in [0.3, 0.4) is 0 Å². The fraction of sp³-hybridized carbons (Fsp3) is 0. The molecule has 3 aromatic rings. The van der Waals surface area contributed by atoms with Gasteiger partial charge in [-0.2, -0.15) is 10.2 Å². The quantitative estimate of drug-likeness (QED) is 0.577. The minimum atomic E-state index is 0.357. The van der Waals surface area contributed by atoms with Crippen molar-refractivity contribution in [2.24, 2.45) is 5.10 Å². The summed E-state index contributed by atoms with van der Waals surface area (Å²) in [5.41, 5.74) is 5.62. The number of hydrazone groups is 1. The van der Waals surface area contributed by atoms with Crippen molar-refractivity contribution in [2.45, 2.75) is 0 Å². The Morgan fingerprint density at radius 3 is 2.43 bits per heavy atom. The fourth-order valence-electron chi connectivity index (χ4n) is 1.96. The lowest BCUT2D eigenvalue weighted by Gasteiger charge is -2.01. The first-order chi connectivity index (χ1) is 11.4. The first kappa shape index (κ1) is 14.6. The van der Waals surface area contributed by atoms with Gasteiger partial charge in [0.2, 0.25) is 0 Å². The average molecular weight is 301 g/mol. The Morgan fingerprint density at radius 1 is 0.913 bits per heavy atom. The molecule has 5 nitrogen and oxygen atoms in total. The second kappa shape index (κ2) is 7.61. The highest BCUT2D eigenvalue weighted by molar-refractivity contribution is 5.78. The number of nitrogens with zero attached hydrogens (tertiary/aromatic N) is 4. The van der Waals surface area contributed by atoms with Crippen LogP contribution in [0.2, 0.25) is 0 Å². The van der Waals surface area contributed by atoms with Gasteiger partial charge in [-0.05, 0) is 11.6 Å². The van der Waals surface area contributed by atoms with E-state index in [0.717, 1.165) is 16.8 Å². The van der Waals surface area contributed by atoms with Crippen molar-refractivity contribution in [3.8, 4) is 11.3 Å². The first-order valence-electron chi connectivity index (χ1n) is 7.18. The van der Waals surface area contributed by atoms with Crippen LogP contribution < -0.4 is 5.43 Å². The molecule has 112 valence electrons. The zero-order valence-electron chi connectivity index (χ0n) is 12.4. The molecule has 3 rings (SSSR count). The highest BCUT2D eigenvalue weighted by atomic mass is 15.4. The van der Waals surface area contributed by atoms with Gasteiger partial charge in [0.1, 0.15) is 0 Å². The van der Waals surface area contributed by atoms with Crippen LogP contribution in [0.25, 0.3) is 17.3 Å². The Labute approximate surface area is 134 Å². The van der Waals surface area contributed by atoms with Crippen LogP contribution in [0, 0.1) is 0 Å². The van der Waals surface area contributed by atoms with Gasteiger partial charge in [-0.15, -0.1) is 5.10 Å². The molecule has 1 aromatic heterocycles. The number of benzene rings is 2. The summed E-state index contributed by atoms with van der Waals surface area (Å²) in [4.78, 5) is 4.38. The lowest BCUT2D eigenvalue weighted by molar-refractivity contribution is 0.967. The second-order valence-corrected chi connectivity index (χ2v) is 4.69. The summed E-state index contributed by atoms with van der Waals surface area (Å²) in [6.07, 6.45) is 7.08. The fourth-order valence-corrected chi connectivity index (χ4v) is 1.96. The van der Waals surface area contributed by atoms with E-state index >= 15 is 0 Å². The molecule has 23 heavy (non-hydrogen) atoms. The van der Waals surface area contributed by atoms with E-state index < -0.39 is 0 Å². The molecule has 5 heteroatoms. The van der Waals surface area contributed by atoms with Gasteiger partial charge in [-0.25, -0.2) is 10.4 Å². The van der Waals surface area contributed by atoms with E-state index in [-0.39, 0.29) is 0 Å². The third-order valence-corrected chi connectivity index (χ3v) is 3.04. The van der Waals surface area contributed by atoms with Crippen LogP contribution in [-0.4, -0.2) is 21.4 Å². The van der Waals surface area contributed by atoms with Crippen LogP contribution in [-0.2, 0) is 0 Å². The van der Waals surface area contributed by atoms with Crippen molar-refractivity contribution in [1.82, 2.24) is 15.2 Å². The molecule has 0 spiro atoms. The highest BCUT2D eigenvalue weighted by Crippen LogP contribution is 2.15. The monoisotopic (exact) mass is 301 g/mol. The zero-order valence-corrected chi connectivity index (χ0v) is 12.4. The first-order valence-corrected chi connectivity index (χ1v) is 7.18. The highest BCUT2D eigenvalue weighted by Gasteiger charge is 2.01. The third kappa shape index (κ3) is 4.31. The van der Waals surface area contributed by atoms with Crippen molar-refractivity contribution in [3.05, 3.63) is 78.5 Å². The van der Waals surface area contributed by atoms with Gasteiger partial charge in [0, 0.05) is 11.8 Å². The van der Waals surface area contributed by atoms with E-state index in [1.54, 1.807) is 12.4 Å². The van der Waals surface area contributed by atoms with Gasteiger partial charge in [0.25, 0.3) is 5.95 Å². The van der Waals surface area contributed by atoms with E-state index in [1.165, 1.54) is 0 Å². The van der Waals surface area contributed by atoms with Crippen LogP contribution in [0.5, 0.6) is 0 Å². The summed E-state index contributed by atoms with van der Waals surface area (Å²) in [5, 5.41) is 11.9. The summed E-state index contributed by atoms with van der Waals surface area (Å²) < 4.78 is 0. The Hall–Kier alpha value is -3.34. The molecule has 0 fully saturated rings. The Kier molecular flexibility index (Phi) is 4.83. The number of hydrogen-bond donors (Lipinski definition) is 1. The van der Waals surface area contributed by atoms with Gasteiger partial charge in [0.05, 0.1) is 11.9 Å². The van der Waals surface area contributed by atoms with E-state index in [1.807, 2.05) is 72.8 Å². The number of allylic oxidation sites excluding steroid dienone is 1. The second-order valence-electron chi connectivity index (χ2n) is 4.69. The molecule has 0 aliphatic rings. The summed E-state index contributed by atoms with van der Waals surface area (Å²) >= 11 is 0. The van der Waals surface area contributed by atoms with Crippen molar-refractivity contribution < 1.29 is 0 Å². The van der Waals surface area contributed by atoms with Crippen molar-refractivity contribution in [1.29, 1.82) is 0 Å². The minimum Gasteiger partial charge on any atom is -0.244 e. The van der Waals surface area contributed by atoms with Gasteiger partial charge in [-0.1, -0.05) is 66.7 Å². The summed E-state index contributed by atoms with van der Waals surface area (Å²) in [6.45, 7) is 0. The number of hydrogen-bond acceptors (Lipinski definition) is 5. The van der Waals surface area contributed by atoms with Crippen LogP contribution in [0.4, 0.5) is 5.95 Å². The van der Waals surface area contributed by atoms with Crippen LogP contribution in [0.15, 0.2) is 78.0 Å². The molecule has 0 unspecified atom stereocenters. The lowest BCUT2D eigenvalue weighted by Crippen LogP contribution is -1.99. The van der Waals surface area contributed by atoms with E-state index in [2.05, 4.69) is 25.7 Å². The standard InChI is InChI=1S/C18H15N5/c1-3-8-15(9-4-1)10-7-13-19-22-18-21-17(14-20-23-18)16-11-5-2-6-12-16/h1-14H,(H,21,22,23)/b10-7+,19-13-. The molecule has 0 amide bonds. The van der Waals surface area contributed by atoms with E-state index in [4.69, 9.17) is 0 Å². The summed E-state index contributed by atoms with van der Waals surface area (Å²) in [7, 11) is 0. The molecule has 0 saturated heterocycles. The molecule has 1 heterocycles. The molecule has 0 bridgehead atoms. The molecule has 0 radical (unpaired) electrons. The largest absolute Gasteiger partial charge is 0.263 e. The predicted molar refractivity (Wildman–Crippen MR) is 92.9 cm³/mol.